The summed E-state index contributed by atoms with van der Waals surface area (Å²) in [5.41, 5.74) is 0.0582. The van der Waals surface area contributed by atoms with Crippen LogP contribution in [0.15, 0.2) is 70.5 Å². The van der Waals surface area contributed by atoms with E-state index < -0.39 is 23.2 Å². The first-order chi connectivity index (χ1) is 12.0. The molecule has 7 heteroatoms. The summed E-state index contributed by atoms with van der Waals surface area (Å²) in [6, 6.07) is 14.9. The van der Waals surface area contributed by atoms with E-state index in [1.807, 2.05) is 0 Å². The zero-order valence-corrected chi connectivity index (χ0v) is 14.1. The number of aliphatic hydroxyl groups excluding tert-OH is 1. The van der Waals surface area contributed by atoms with E-state index in [-0.39, 0.29) is 17.2 Å². The van der Waals surface area contributed by atoms with Crippen LogP contribution in [0.3, 0.4) is 0 Å². The second kappa shape index (κ2) is 8.75. The molecule has 2 aromatic rings. The smallest absolute Gasteiger partial charge is 0.381 e. The molecule has 0 bridgehead atoms. The predicted octanol–water partition coefficient (Wildman–Crippen LogP) is 4.48. The Hall–Kier alpha value is -2.99. The topological polar surface area (TPSA) is 88.3 Å². The number of ketones is 1. The number of aliphatic hydroxyl groups is 1. The molecule has 0 heterocycles. The lowest BCUT2D eigenvalue weighted by Crippen LogP contribution is -2.19. The number of halogens is 1. The highest BCUT2D eigenvalue weighted by Gasteiger charge is 2.26. The van der Waals surface area contributed by atoms with Gasteiger partial charge in [0.1, 0.15) is 0 Å². The number of ether oxygens (including phenoxy) is 1. The zero-order valence-electron chi connectivity index (χ0n) is 13.3. The zero-order chi connectivity index (χ0) is 18.2. The van der Waals surface area contributed by atoms with Crippen LogP contribution in [0.1, 0.15) is 12.5 Å². The Morgan fingerprint density at radius 1 is 1.08 bits per heavy atom. The van der Waals surface area contributed by atoms with Gasteiger partial charge < -0.3 is 9.84 Å². The summed E-state index contributed by atoms with van der Waals surface area (Å²) >= 11 is 6.03. The fourth-order valence-corrected chi connectivity index (χ4v) is 2.10. The number of nitrogens with zero attached hydrogens (tertiary/aromatic N) is 2. The first kappa shape index (κ1) is 18.4. The Labute approximate surface area is 149 Å². The number of carbonyl (C=O) groups excluding carboxylic acids is 2. The Bertz CT molecular complexity index is 832. The number of esters is 1. The van der Waals surface area contributed by atoms with Crippen molar-refractivity contribution in [2.24, 2.45) is 10.2 Å². The van der Waals surface area contributed by atoms with Crippen molar-refractivity contribution in [1.82, 2.24) is 0 Å². The molecular weight excluding hydrogens is 344 g/mol. The van der Waals surface area contributed by atoms with Gasteiger partial charge in [-0.25, -0.2) is 4.79 Å². The van der Waals surface area contributed by atoms with Crippen LogP contribution in [0.4, 0.5) is 5.69 Å². The van der Waals surface area contributed by atoms with Crippen LogP contribution in [-0.4, -0.2) is 23.5 Å². The van der Waals surface area contributed by atoms with Crippen molar-refractivity contribution in [3.63, 3.8) is 0 Å². The Morgan fingerprint density at radius 3 is 2.36 bits per heavy atom. The maximum Gasteiger partial charge on any atom is 0.381 e. The fourth-order valence-electron chi connectivity index (χ4n) is 1.88. The summed E-state index contributed by atoms with van der Waals surface area (Å²) < 4.78 is 4.68. The molecule has 0 radical (unpaired) electrons. The summed E-state index contributed by atoms with van der Waals surface area (Å²) in [6.07, 6.45) is 0. The van der Waals surface area contributed by atoms with Crippen LogP contribution in [0.25, 0.3) is 5.76 Å². The number of azo groups is 1. The molecule has 0 aliphatic rings. The van der Waals surface area contributed by atoms with Crippen LogP contribution in [0.2, 0.25) is 5.02 Å². The Balaban J connectivity index is 2.50. The number of carbonyl (C=O) groups is 2. The molecular formula is C18H15ClN2O4. The lowest BCUT2D eigenvalue weighted by molar-refractivity contribution is -0.151. The van der Waals surface area contributed by atoms with Crippen molar-refractivity contribution in [2.45, 2.75) is 6.92 Å². The molecule has 25 heavy (non-hydrogen) atoms. The van der Waals surface area contributed by atoms with Gasteiger partial charge in [0.05, 0.1) is 17.3 Å². The van der Waals surface area contributed by atoms with Gasteiger partial charge >= 0.3 is 5.97 Å². The maximum atomic E-state index is 12.3. The summed E-state index contributed by atoms with van der Waals surface area (Å²) in [5.74, 6) is -2.80. The second-order valence-electron chi connectivity index (χ2n) is 4.76. The van der Waals surface area contributed by atoms with E-state index in [1.54, 1.807) is 49.4 Å². The molecule has 1 N–H and O–H groups in total. The highest BCUT2D eigenvalue weighted by atomic mass is 35.5. The largest absolute Gasteiger partial charge is 0.505 e. The van der Waals surface area contributed by atoms with Crippen molar-refractivity contribution in [1.29, 1.82) is 0 Å². The third kappa shape index (κ3) is 4.74. The maximum absolute atomic E-state index is 12.3. The molecule has 0 fully saturated rings. The predicted molar refractivity (Wildman–Crippen MR) is 93.6 cm³/mol. The summed E-state index contributed by atoms with van der Waals surface area (Å²) in [7, 11) is 0. The monoisotopic (exact) mass is 358 g/mol. The molecule has 0 unspecified atom stereocenters. The minimum Gasteiger partial charge on any atom is -0.505 e. The van der Waals surface area contributed by atoms with Gasteiger partial charge in [-0.2, -0.15) is 5.11 Å². The van der Waals surface area contributed by atoms with E-state index in [0.29, 0.717) is 5.69 Å². The van der Waals surface area contributed by atoms with Crippen LogP contribution in [0, 0.1) is 0 Å². The molecule has 0 amide bonds. The summed E-state index contributed by atoms with van der Waals surface area (Å²) in [5, 5.41) is 18.3. The van der Waals surface area contributed by atoms with E-state index >= 15 is 0 Å². The van der Waals surface area contributed by atoms with Crippen molar-refractivity contribution in [2.75, 3.05) is 6.61 Å². The number of hydrogen-bond donors (Lipinski definition) is 1. The minimum absolute atomic E-state index is 0.0144. The highest BCUT2D eigenvalue weighted by Crippen LogP contribution is 2.26. The molecule has 0 aromatic heterocycles. The van der Waals surface area contributed by atoms with Crippen molar-refractivity contribution in [3.05, 3.63) is 70.9 Å². The lowest BCUT2D eigenvalue weighted by Gasteiger charge is -2.07. The van der Waals surface area contributed by atoms with E-state index in [9.17, 15) is 14.7 Å². The third-order valence-electron chi connectivity index (χ3n) is 3.05. The van der Waals surface area contributed by atoms with Gasteiger partial charge in [-0.1, -0.05) is 41.9 Å². The third-order valence-corrected chi connectivity index (χ3v) is 3.38. The van der Waals surface area contributed by atoms with Gasteiger partial charge in [0.25, 0.3) is 5.78 Å². The molecule has 128 valence electrons. The Morgan fingerprint density at radius 2 is 1.72 bits per heavy atom. The van der Waals surface area contributed by atoms with Gasteiger partial charge in [0, 0.05) is 5.56 Å². The van der Waals surface area contributed by atoms with E-state index in [1.165, 1.54) is 12.1 Å². The van der Waals surface area contributed by atoms with Crippen molar-refractivity contribution >= 4 is 34.8 Å². The SMILES string of the molecule is CCOC(=O)C(=O)C(N=Nc1ccccc1)=C(O)c1ccccc1Cl. The average Bonchev–Trinajstić information content (AvgIpc) is 2.63. The van der Waals surface area contributed by atoms with Crippen LogP contribution in [-0.2, 0) is 14.3 Å². The molecule has 0 aliphatic carbocycles. The van der Waals surface area contributed by atoms with Gasteiger partial charge in [-0.3, -0.25) is 4.79 Å². The minimum atomic E-state index is -1.14. The molecule has 0 saturated heterocycles. The quantitative estimate of drug-likeness (QED) is 0.271. The Kier molecular flexibility index (Phi) is 6.42. The number of hydrogen-bond acceptors (Lipinski definition) is 6. The molecule has 0 saturated carbocycles. The lowest BCUT2D eigenvalue weighted by atomic mass is 10.1. The van der Waals surface area contributed by atoms with Crippen LogP contribution < -0.4 is 0 Å². The number of rotatable bonds is 6. The first-order valence-electron chi connectivity index (χ1n) is 7.41. The average molecular weight is 359 g/mol. The van der Waals surface area contributed by atoms with E-state index in [2.05, 4.69) is 15.0 Å². The molecule has 0 spiro atoms. The molecule has 2 aromatic carbocycles. The first-order valence-corrected chi connectivity index (χ1v) is 7.78. The number of benzene rings is 2. The van der Waals surface area contributed by atoms with Crippen LogP contribution in [0.5, 0.6) is 0 Å². The summed E-state index contributed by atoms with van der Waals surface area (Å²) in [6.45, 7) is 1.58. The fraction of sp³-hybridized carbons (Fsp3) is 0.111. The number of Topliss-reactive ketones (excluding diaryl/α,β-unsaturated/α-hetero) is 1. The van der Waals surface area contributed by atoms with Gasteiger partial charge in [0.15, 0.2) is 11.5 Å². The molecule has 0 atom stereocenters. The highest BCUT2D eigenvalue weighted by molar-refractivity contribution is 6.42. The standard InChI is InChI=1S/C18H15ClN2O4/c1-2-25-18(24)17(23)15(21-20-12-8-4-3-5-9-12)16(22)13-10-6-7-11-14(13)19/h3-11,22H,2H2,1H3. The molecule has 6 nitrogen and oxygen atoms in total. The van der Waals surface area contributed by atoms with Crippen molar-refractivity contribution in [3.8, 4) is 0 Å². The second-order valence-corrected chi connectivity index (χ2v) is 5.17. The normalized spacial score (nSPS) is 11.9. The van der Waals surface area contributed by atoms with Crippen LogP contribution >= 0.6 is 11.6 Å². The molecule has 0 aliphatic heterocycles. The van der Waals surface area contributed by atoms with Crippen molar-refractivity contribution < 1.29 is 19.4 Å². The molecule has 2 rings (SSSR count). The van der Waals surface area contributed by atoms with E-state index in [0.717, 1.165) is 0 Å². The van der Waals surface area contributed by atoms with Gasteiger partial charge in [-0.05, 0) is 31.2 Å². The van der Waals surface area contributed by atoms with E-state index in [4.69, 9.17) is 11.6 Å². The van der Waals surface area contributed by atoms with Gasteiger partial charge in [-0.15, -0.1) is 5.11 Å². The van der Waals surface area contributed by atoms with Gasteiger partial charge in [0.2, 0.25) is 0 Å². The summed E-state index contributed by atoms with van der Waals surface area (Å²) in [4.78, 5) is 24.1.